The van der Waals surface area contributed by atoms with E-state index in [1.807, 2.05) is 24.3 Å². The molecule has 3 heterocycles. The highest BCUT2D eigenvalue weighted by Crippen LogP contribution is 2.38. The first-order valence-corrected chi connectivity index (χ1v) is 9.95. The smallest absolute Gasteiger partial charge is 0.267 e. The van der Waals surface area contributed by atoms with Crippen molar-refractivity contribution in [3.63, 3.8) is 0 Å². The third-order valence-corrected chi connectivity index (χ3v) is 6.36. The van der Waals surface area contributed by atoms with Gasteiger partial charge < -0.3 is 10.3 Å². The molecule has 1 aromatic heterocycles. The van der Waals surface area contributed by atoms with Crippen LogP contribution in [0.5, 0.6) is 0 Å². The van der Waals surface area contributed by atoms with Crippen molar-refractivity contribution < 1.29 is 4.79 Å². The molecule has 2 aliphatic rings. The van der Waals surface area contributed by atoms with E-state index in [2.05, 4.69) is 45.5 Å². The van der Waals surface area contributed by atoms with E-state index in [9.17, 15) is 4.79 Å². The van der Waals surface area contributed by atoms with Gasteiger partial charge in [-0.3, -0.25) is 9.69 Å². The lowest BCUT2D eigenvalue weighted by molar-refractivity contribution is 0.0915. The zero-order valence-corrected chi connectivity index (χ0v) is 15.5. The summed E-state index contributed by atoms with van der Waals surface area (Å²) >= 11 is 0. The second kappa shape index (κ2) is 6.54. The average Bonchev–Trinajstić information content (AvgIpc) is 3.39. The number of carbonyl (C=O) groups is 1. The van der Waals surface area contributed by atoms with Crippen LogP contribution in [0.15, 0.2) is 54.6 Å². The summed E-state index contributed by atoms with van der Waals surface area (Å²) in [5.74, 6) is 0.000543. The van der Waals surface area contributed by atoms with Crippen molar-refractivity contribution in [3.05, 3.63) is 60.3 Å². The van der Waals surface area contributed by atoms with Gasteiger partial charge in [0, 0.05) is 23.0 Å². The predicted octanol–water partition coefficient (Wildman–Crippen LogP) is 4.19. The fraction of sp³-hybridized carbons (Fsp3) is 0.348. The number of hydrogen-bond donors (Lipinski definition) is 2. The predicted molar refractivity (Wildman–Crippen MR) is 109 cm³/mol. The Kier molecular flexibility index (Phi) is 4.01. The van der Waals surface area contributed by atoms with Gasteiger partial charge in [-0.2, -0.15) is 0 Å². The van der Waals surface area contributed by atoms with E-state index in [1.54, 1.807) is 0 Å². The maximum atomic E-state index is 12.8. The Morgan fingerprint density at radius 2 is 1.78 bits per heavy atom. The molecule has 138 valence electrons. The van der Waals surface area contributed by atoms with Gasteiger partial charge >= 0.3 is 0 Å². The molecule has 2 aromatic carbocycles. The summed E-state index contributed by atoms with van der Waals surface area (Å²) in [4.78, 5) is 18.6. The normalized spacial score (nSPS) is 18.7. The minimum absolute atomic E-state index is 0.000543. The Labute approximate surface area is 159 Å². The van der Waals surface area contributed by atoms with E-state index in [0.29, 0.717) is 5.69 Å². The SMILES string of the molecule is O=C(NCC12CCCN1CCC2)c1cc2cc(-c3ccccc3)ccc2[nH]1. The van der Waals surface area contributed by atoms with Crippen molar-refractivity contribution in [1.82, 2.24) is 15.2 Å². The summed E-state index contributed by atoms with van der Waals surface area (Å²) in [6.45, 7) is 3.13. The molecule has 3 aromatic rings. The van der Waals surface area contributed by atoms with Crippen molar-refractivity contribution >= 4 is 16.8 Å². The molecule has 0 spiro atoms. The highest BCUT2D eigenvalue weighted by molar-refractivity contribution is 5.99. The average molecular weight is 359 g/mol. The van der Waals surface area contributed by atoms with Gasteiger partial charge in [0.05, 0.1) is 0 Å². The molecule has 2 fully saturated rings. The Bertz CT molecular complexity index is 966. The monoisotopic (exact) mass is 359 g/mol. The van der Waals surface area contributed by atoms with E-state index in [4.69, 9.17) is 0 Å². The number of nitrogens with zero attached hydrogens (tertiary/aromatic N) is 1. The van der Waals surface area contributed by atoms with Crippen molar-refractivity contribution in [1.29, 1.82) is 0 Å². The van der Waals surface area contributed by atoms with Gasteiger partial charge in [-0.1, -0.05) is 36.4 Å². The lowest BCUT2D eigenvalue weighted by atomic mass is 9.94. The van der Waals surface area contributed by atoms with Crippen molar-refractivity contribution in [2.45, 2.75) is 31.2 Å². The van der Waals surface area contributed by atoms with Crippen LogP contribution in [-0.2, 0) is 0 Å². The number of aromatic nitrogens is 1. The zero-order chi connectivity index (χ0) is 18.3. The van der Waals surface area contributed by atoms with E-state index in [-0.39, 0.29) is 11.4 Å². The number of amides is 1. The molecule has 1 amide bonds. The van der Waals surface area contributed by atoms with Crippen molar-refractivity contribution in [2.24, 2.45) is 0 Å². The first kappa shape index (κ1) is 16.6. The van der Waals surface area contributed by atoms with Crippen LogP contribution in [0.1, 0.15) is 36.2 Å². The van der Waals surface area contributed by atoms with E-state index in [1.165, 1.54) is 49.9 Å². The Morgan fingerprint density at radius 3 is 2.56 bits per heavy atom. The van der Waals surface area contributed by atoms with Crippen LogP contribution in [0.3, 0.4) is 0 Å². The summed E-state index contributed by atoms with van der Waals surface area (Å²) < 4.78 is 0. The number of hydrogen-bond acceptors (Lipinski definition) is 2. The largest absolute Gasteiger partial charge is 0.351 e. The number of aromatic amines is 1. The topological polar surface area (TPSA) is 48.1 Å². The standard InChI is InChI=1S/C23H25N3O/c27-22(24-16-23-10-4-12-26(23)13-5-11-23)21-15-19-14-18(8-9-20(19)25-21)17-6-2-1-3-7-17/h1-3,6-9,14-15,25H,4-5,10-13,16H2,(H,24,27). The lowest BCUT2D eigenvalue weighted by Gasteiger charge is -2.32. The number of H-pyrrole nitrogens is 1. The molecule has 2 aliphatic heterocycles. The minimum atomic E-state index is 0.000543. The number of benzene rings is 2. The summed E-state index contributed by atoms with van der Waals surface area (Å²) in [7, 11) is 0. The van der Waals surface area contributed by atoms with Gasteiger partial charge in [0.2, 0.25) is 0 Å². The number of nitrogens with one attached hydrogen (secondary N) is 2. The van der Waals surface area contributed by atoms with E-state index in [0.717, 1.165) is 17.4 Å². The molecule has 4 nitrogen and oxygen atoms in total. The van der Waals surface area contributed by atoms with Crippen LogP contribution in [0.25, 0.3) is 22.0 Å². The first-order valence-electron chi connectivity index (χ1n) is 9.95. The summed E-state index contributed by atoms with van der Waals surface area (Å²) in [5.41, 5.74) is 4.21. The molecule has 0 atom stereocenters. The number of carbonyl (C=O) groups excluding carboxylic acids is 1. The maximum Gasteiger partial charge on any atom is 0.267 e. The van der Waals surface area contributed by atoms with E-state index < -0.39 is 0 Å². The van der Waals surface area contributed by atoms with Crippen LogP contribution in [0.4, 0.5) is 0 Å². The third kappa shape index (κ3) is 2.94. The molecule has 2 saturated heterocycles. The molecule has 0 aliphatic carbocycles. The van der Waals surface area contributed by atoms with Crippen molar-refractivity contribution in [3.8, 4) is 11.1 Å². The molecule has 0 saturated carbocycles. The summed E-state index contributed by atoms with van der Waals surface area (Å²) in [6, 6.07) is 18.6. The third-order valence-electron chi connectivity index (χ3n) is 6.36. The quantitative estimate of drug-likeness (QED) is 0.734. The van der Waals surface area contributed by atoms with Crippen LogP contribution >= 0.6 is 0 Å². The zero-order valence-electron chi connectivity index (χ0n) is 15.5. The highest BCUT2D eigenvalue weighted by atomic mass is 16.1. The molecule has 0 bridgehead atoms. The van der Waals surface area contributed by atoms with E-state index >= 15 is 0 Å². The molecule has 0 radical (unpaired) electrons. The number of rotatable bonds is 4. The fourth-order valence-corrected chi connectivity index (χ4v) is 4.92. The van der Waals surface area contributed by atoms with Crippen LogP contribution in [0, 0.1) is 0 Å². The molecule has 27 heavy (non-hydrogen) atoms. The molecule has 0 unspecified atom stereocenters. The van der Waals surface area contributed by atoms with Gasteiger partial charge in [-0.05, 0) is 68.1 Å². The van der Waals surface area contributed by atoms with Gasteiger partial charge in [-0.25, -0.2) is 0 Å². The number of fused-ring (bicyclic) bond motifs is 2. The molecular formula is C23H25N3O. The van der Waals surface area contributed by atoms with Gasteiger partial charge in [0.25, 0.3) is 5.91 Å². The maximum absolute atomic E-state index is 12.8. The second-order valence-corrected chi connectivity index (χ2v) is 7.95. The molecule has 4 heteroatoms. The Balaban J connectivity index is 1.35. The second-order valence-electron chi connectivity index (χ2n) is 7.95. The first-order chi connectivity index (χ1) is 13.2. The van der Waals surface area contributed by atoms with Crippen LogP contribution in [0.2, 0.25) is 0 Å². The Hall–Kier alpha value is -2.59. The lowest BCUT2D eigenvalue weighted by Crippen LogP contribution is -2.48. The molecular weight excluding hydrogens is 334 g/mol. The van der Waals surface area contributed by atoms with Gasteiger partial charge in [0.1, 0.15) is 5.69 Å². The summed E-state index contributed by atoms with van der Waals surface area (Å²) in [6.07, 6.45) is 4.93. The minimum Gasteiger partial charge on any atom is -0.351 e. The fourth-order valence-electron chi connectivity index (χ4n) is 4.92. The summed E-state index contributed by atoms with van der Waals surface area (Å²) in [5, 5.41) is 4.27. The van der Waals surface area contributed by atoms with Crippen LogP contribution in [-0.4, -0.2) is 41.0 Å². The highest BCUT2D eigenvalue weighted by Gasteiger charge is 2.44. The molecule has 5 rings (SSSR count). The molecule has 2 N–H and O–H groups in total. The van der Waals surface area contributed by atoms with Gasteiger partial charge in [0.15, 0.2) is 0 Å². The van der Waals surface area contributed by atoms with Crippen molar-refractivity contribution in [2.75, 3.05) is 19.6 Å². The Morgan fingerprint density at radius 1 is 1.00 bits per heavy atom. The van der Waals surface area contributed by atoms with Gasteiger partial charge in [-0.15, -0.1) is 0 Å². The van der Waals surface area contributed by atoms with Crippen LogP contribution < -0.4 is 5.32 Å².